The lowest BCUT2D eigenvalue weighted by molar-refractivity contribution is 0.614. The van der Waals surface area contributed by atoms with Gasteiger partial charge in [0.25, 0.3) is 0 Å². The number of aromatic nitrogens is 2. The molecule has 0 bridgehead atoms. The molecular formula is C13H15ClN4. The molecule has 1 saturated heterocycles. The highest BCUT2D eigenvalue weighted by atomic mass is 35.5. The van der Waals surface area contributed by atoms with E-state index in [1.807, 2.05) is 18.2 Å². The number of anilines is 1. The van der Waals surface area contributed by atoms with E-state index in [0.717, 1.165) is 36.5 Å². The van der Waals surface area contributed by atoms with Crippen LogP contribution in [-0.2, 0) is 0 Å². The Morgan fingerprint density at radius 3 is 3.17 bits per heavy atom. The van der Waals surface area contributed by atoms with Gasteiger partial charge in [-0.05, 0) is 43.6 Å². The Morgan fingerprint density at radius 1 is 1.39 bits per heavy atom. The van der Waals surface area contributed by atoms with E-state index < -0.39 is 0 Å². The first-order chi connectivity index (χ1) is 8.81. The van der Waals surface area contributed by atoms with Gasteiger partial charge < -0.3 is 10.6 Å². The van der Waals surface area contributed by atoms with Crippen molar-refractivity contribution in [3.8, 4) is 0 Å². The standard InChI is InChI=1S/C13H15ClN4/c14-10-1-2-11-12(5-10)16-8-13(18-11)17-7-9-3-4-15-6-9/h1-2,5,8-9,15H,3-4,6-7H2,(H,17,18)/t9-/m1/s1. The normalized spacial score (nSPS) is 19.3. The first kappa shape index (κ1) is 11.7. The maximum atomic E-state index is 5.92. The molecule has 0 aliphatic carbocycles. The van der Waals surface area contributed by atoms with E-state index in [-0.39, 0.29) is 0 Å². The zero-order valence-electron chi connectivity index (χ0n) is 9.99. The molecule has 1 atom stereocenters. The number of rotatable bonds is 3. The van der Waals surface area contributed by atoms with Crippen LogP contribution in [-0.4, -0.2) is 29.6 Å². The third-order valence-corrected chi connectivity index (χ3v) is 3.47. The molecule has 5 heteroatoms. The Labute approximate surface area is 111 Å². The van der Waals surface area contributed by atoms with Gasteiger partial charge in [-0.2, -0.15) is 0 Å². The summed E-state index contributed by atoms with van der Waals surface area (Å²) in [6.07, 6.45) is 2.99. The molecule has 18 heavy (non-hydrogen) atoms. The highest BCUT2D eigenvalue weighted by molar-refractivity contribution is 6.31. The van der Waals surface area contributed by atoms with Crippen LogP contribution in [0.2, 0.25) is 5.02 Å². The van der Waals surface area contributed by atoms with Crippen LogP contribution >= 0.6 is 11.6 Å². The van der Waals surface area contributed by atoms with Crippen LogP contribution in [0, 0.1) is 5.92 Å². The molecule has 2 heterocycles. The smallest absolute Gasteiger partial charge is 0.145 e. The van der Waals surface area contributed by atoms with Crippen LogP contribution in [0.4, 0.5) is 5.82 Å². The van der Waals surface area contributed by atoms with E-state index in [1.54, 1.807) is 6.20 Å². The lowest BCUT2D eigenvalue weighted by Crippen LogP contribution is -2.17. The largest absolute Gasteiger partial charge is 0.368 e. The molecular weight excluding hydrogens is 248 g/mol. The molecule has 2 N–H and O–H groups in total. The Morgan fingerprint density at radius 2 is 2.33 bits per heavy atom. The number of benzene rings is 1. The van der Waals surface area contributed by atoms with E-state index >= 15 is 0 Å². The second kappa shape index (κ2) is 5.08. The molecule has 1 aliphatic rings. The number of fused-ring (bicyclic) bond motifs is 1. The topological polar surface area (TPSA) is 49.8 Å². The molecule has 94 valence electrons. The van der Waals surface area contributed by atoms with E-state index in [9.17, 15) is 0 Å². The van der Waals surface area contributed by atoms with Crippen molar-refractivity contribution in [2.45, 2.75) is 6.42 Å². The Hall–Kier alpha value is -1.39. The zero-order valence-corrected chi connectivity index (χ0v) is 10.7. The average molecular weight is 263 g/mol. The van der Waals surface area contributed by atoms with Gasteiger partial charge in [0.05, 0.1) is 17.2 Å². The first-order valence-corrected chi connectivity index (χ1v) is 6.56. The van der Waals surface area contributed by atoms with Gasteiger partial charge in [0.15, 0.2) is 0 Å². The second-order valence-corrected chi connectivity index (χ2v) is 5.06. The summed E-state index contributed by atoms with van der Waals surface area (Å²) in [5.74, 6) is 1.52. The van der Waals surface area contributed by atoms with Crippen LogP contribution in [0.3, 0.4) is 0 Å². The summed E-state index contributed by atoms with van der Waals surface area (Å²) in [4.78, 5) is 8.89. The summed E-state index contributed by atoms with van der Waals surface area (Å²) >= 11 is 5.92. The van der Waals surface area contributed by atoms with E-state index in [1.165, 1.54) is 6.42 Å². The minimum absolute atomic E-state index is 0.688. The third kappa shape index (κ3) is 2.54. The number of hydrogen-bond acceptors (Lipinski definition) is 4. The van der Waals surface area contributed by atoms with Gasteiger partial charge in [-0.15, -0.1) is 0 Å². The Kier molecular flexibility index (Phi) is 3.30. The minimum Gasteiger partial charge on any atom is -0.368 e. The van der Waals surface area contributed by atoms with Gasteiger partial charge in [-0.3, -0.25) is 4.98 Å². The summed E-state index contributed by atoms with van der Waals surface area (Å²) < 4.78 is 0. The fraction of sp³-hybridized carbons (Fsp3) is 0.385. The molecule has 1 aromatic carbocycles. The molecule has 1 aliphatic heterocycles. The maximum absolute atomic E-state index is 5.92. The number of halogens is 1. The number of nitrogens with one attached hydrogen (secondary N) is 2. The van der Waals surface area contributed by atoms with Gasteiger partial charge in [-0.25, -0.2) is 4.98 Å². The lowest BCUT2D eigenvalue weighted by atomic mass is 10.1. The summed E-state index contributed by atoms with van der Waals surface area (Å²) in [5, 5.41) is 7.39. The van der Waals surface area contributed by atoms with Crippen molar-refractivity contribution >= 4 is 28.5 Å². The van der Waals surface area contributed by atoms with E-state index in [0.29, 0.717) is 10.9 Å². The molecule has 1 aromatic heterocycles. The maximum Gasteiger partial charge on any atom is 0.145 e. The monoisotopic (exact) mass is 262 g/mol. The third-order valence-electron chi connectivity index (χ3n) is 3.24. The summed E-state index contributed by atoms with van der Waals surface area (Å²) in [6.45, 7) is 3.15. The summed E-state index contributed by atoms with van der Waals surface area (Å²) in [7, 11) is 0. The fourth-order valence-corrected chi connectivity index (χ4v) is 2.37. The summed E-state index contributed by atoms with van der Waals surface area (Å²) in [6, 6.07) is 5.56. The predicted octanol–water partition coefficient (Wildman–Crippen LogP) is 2.30. The molecule has 4 nitrogen and oxygen atoms in total. The van der Waals surface area contributed by atoms with E-state index in [4.69, 9.17) is 11.6 Å². The number of nitrogens with zero attached hydrogens (tertiary/aromatic N) is 2. The van der Waals surface area contributed by atoms with E-state index in [2.05, 4.69) is 20.6 Å². The highest BCUT2D eigenvalue weighted by Gasteiger charge is 2.14. The molecule has 2 aromatic rings. The SMILES string of the molecule is Clc1ccc2nc(NC[C@@H]3CCNC3)cnc2c1. The van der Waals surface area contributed by atoms with Crippen molar-refractivity contribution in [1.82, 2.24) is 15.3 Å². The Balaban J connectivity index is 1.74. The van der Waals surface area contributed by atoms with Crippen LogP contribution in [0.25, 0.3) is 11.0 Å². The van der Waals surface area contributed by atoms with Crippen molar-refractivity contribution in [2.75, 3.05) is 25.0 Å². The molecule has 0 amide bonds. The van der Waals surface area contributed by atoms with Crippen molar-refractivity contribution in [2.24, 2.45) is 5.92 Å². The van der Waals surface area contributed by atoms with Crippen molar-refractivity contribution in [1.29, 1.82) is 0 Å². The molecule has 0 unspecified atom stereocenters. The quantitative estimate of drug-likeness (QED) is 0.891. The van der Waals surface area contributed by atoms with Gasteiger partial charge in [0.2, 0.25) is 0 Å². The predicted molar refractivity (Wildman–Crippen MR) is 74.0 cm³/mol. The minimum atomic E-state index is 0.688. The molecule has 3 rings (SSSR count). The lowest BCUT2D eigenvalue weighted by Gasteiger charge is -2.10. The first-order valence-electron chi connectivity index (χ1n) is 6.18. The van der Waals surface area contributed by atoms with Crippen LogP contribution in [0.15, 0.2) is 24.4 Å². The van der Waals surface area contributed by atoms with Gasteiger partial charge in [0.1, 0.15) is 5.82 Å². The van der Waals surface area contributed by atoms with Crippen molar-refractivity contribution in [3.63, 3.8) is 0 Å². The molecule has 0 spiro atoms. The van der Waals surface area contributed by atoms with Crippen molar-refractivity contribution < 1.29 is 0 Å². The summed E-state index contributed by atoms with van der Waals surface area (Å²) in [5.41, 5.74) is 1.70. The average Bonchev–Trinajstić information content (AvgIpc) is 2.89. The van der Waals surface area contributed by atoms with Crippen LogP contribution < -0.4 is 10.6 Å². The number of hydrogen-bond donors (Lipinski definition) is 2. The zero-order chi connectivity index (χ0) is 12.4. The van der Waals surface area contributed by atoms with Gasteiger partial charge >= 0.3 is 0 Å². The van der Waals surface area contributed by atoms with Crippen LogP contribution in [0.5, 0.6) is 0 Å². The molecule has 1 fully saturated rings. The molecule has 0 radical (unpaired) electrons. The molecule has 0 saturated carbocycles. The fourth-order valence-electron chi connectivity index (χ4n) is 2.21. The highest BCUT2D eigenvalue weighted by Crippen LogP contribution is 2.17. The van der Waals surface area contributed by atoms with Crippen molar-refractivity contribution in [3.05, 3.63) is 29.4 Å². The van der Waals surface area contributed by atoms with Crippen LogP contribution in [0.1, 0.15) is 6.42 Å². The second-order valence-electron chi connectivity index (χ2n) is 4.63. The Bertz CT molecular complexity index is 552. The van der Waals surface area contributed by atoms with Gasteiger partial charge in [0, 0.05) is 11.6 Å². The van der Waals surface area contributed by atoms with Gasteiger partial charge in [-0.1, -0.05) is 11.6 Å².